The minimum Gasteiger partial charge on any atom is -0.321 e. The normalized spacial score (nSPS) is 12.0. The lowest BCUT2D eigenvalue weighted by Crippen LogP contribution is -2.36. The number of rotatable bonds is 2. The Kier molecular flexibility index (Phi) is 3.26. The van der Waals surface area contributed by atoms with Crippen molar-refractivity contribution in [1.82, 2.24) is 10.3 Å². The smallest absolute Gasteiger partial charge is 0.252 e. The van der Waals surface area contributed by atoms with E-state index in [9.17, 15) is 4.79 Å². The summed E-state index contributed by atoms with van der Waals surface area (Å²) in [6.07, 6.45) is 0. The van der Waals surface area contributed by atoms with E-state index in [2.05, 4.69) is 31.1 Å². The molecule has 18 heavy (non-hydrogen) atoms. The Hall–Kier alpha value is -1.61. The lowest BCUT2D eigenvalue weighted by molar-refractivity contribution is 0.423. The van der Waals surface area contributed by atoms with Crippen molar-refractivity contribution in [3.63, 3.8) is 0 Å². The number of fused-ring (bicyclic) bond motifs is 1. The van der Waals surface area contributed by atoms with Crippen LogP contribution in [0.2, 0.25) is 0 Å². The van der Waals surface area contributed by atoms with Gasteiger partial charge in [-0.2, -0.15) is 0 Å². The van der Waals surface area contributed by atoms with Crippen molar-refractivity contribution in [3.8, 4) is 0 Å². The van der Waals surface area contributed by atoms with Crippen LogP contribution in [-0.2, 0) is 6.54 Å². The first-order chi connectivity index (χ1) is 8.37. The molecule has 96 valence electrons. The molecule has 0 fully saturated rings. The lowest BCUT2D eigenvalue weighted by atomic mass is 10.1. The van der Waals surface area contributed by atoms with Crippen molar-refractivity contribution in [2.75, 3.05) is 0 Å². The molecule has 0 radical (unpaired) electrons. The lowest BCUT2D eigenvalue weighted by Gasteiger charge is -2.20. The fraction of sp³-hybridized carbons (Fsp3) is 0.400. The molecule has 0 aliphatic rings. The molecule has 0 saturated carbocycles. The molecule has 0 saturated heterocycles. The number of aryl methyl sites for hydroxylation is 1. The summed E-state index contributed by atoms with van der Waals surface area (Å²) in [4.78, 5) is 15.0. The third-order valence-corrected chi connectivity index (χ3v) is 2.97. The van der Waals surface area contributed by atoms with E-state index in [0.29, 0.717) is 6.54 Å². The highest BCUT2D eigenvalue weighted by Crippen LogP contribution is 2.15. The summed E-state index contributed by atoms with van der Waals surface area (Å²) >= 11 is 0. The second-order valence-corrected chi connectivity index (χ2v) is 5.77. The van der Waals surface area contributed by atoms with Gasteiger partial charge in [-0.15, -0.1) is 0 Å². The molecule has 2 N–H and O–H groups in total. The molecule has 2 aromatic rings. The van der Waals surface area contributed by atoms with E-state index in [1.807, 2.05) is 31.2 Å². The third-order valence-electron chi connectivity index (χ3n) is 2.97. The number of aromatic amines is 1. The number of nitrogens with one attached hydrogen (secondary N) is 2. The van der Waals surface area contributed by atoms with E-state index in [0.717, 1.165) is 22.0 Å². The number of hydrogen-bond acceptors (Lipinski definition) is 2. The van der Waals surface area contributed by atoms with Crippen LogP contribution in [0, 0.1) is 6.92 Å². The van der Waals surface area contributed by atoms with Crippen molar-refractivity contribution in [3.05, 3.63) is 45.7 Å². The van der Waals surface area contributed by atoms with Gasteiger partial charge in [-0.05, 0) is 44.7 Å². The fourth-order valence-electron chi connectivity index (χ4n) is 1.92. The Morgan fingerprint density at radius 1 is 1.28 bits per heavy atom. The first kappa shape index (κ1) is 12.8. The minimum absolute atomic E-state index is 0.00597. The van der Waals surface area contributed by atoms with Crippen molar-refractivity contribution in [2.24, 2.45) is 0 Å². The molecular formula is C15H20N2O. The maximum atomic E-state index is 12.0. The van der Waals surface area contributed by atoms with Crippen molar-refractivity contribution >= 4 is 10.9 Å². The van der Waals surface area contributed by atoms with E-state index in [1.54, 1.807) is 0 Å². The summed E-state index contributed by atoms with van der Waals surface area (Å²) in [6.45, 7) is 8.86. The first-order valence-electron chi connectivity index (χ1n) is 6.23. The number of benzene rings is 1. The summed E-state index contributed by atoms with van der Waals surface area (Å²) in [7, 11) is 0. The summed E-state index contributed by atoms with van der Waals surface area (Å²) in [5.41, 5.74) is 2.81. The van der Waals surface area contributed by atoms with Crippen LogP contribution in [0.1, 0.15) is 31.9 Å². The number of aromatic nitrogens is 1. The van der Waals surface area contributed by atoms with Gasteiger partial charge in [-0.25, -0.2) is 0 Å². The summed E-state index contributed by atoms with van der Waals surface area (Å²) in [5, 5.41) is 4.42. The van der Waals surface area contributed by atoms with Crippen LogP contribution in [0.15, 0.2) is 29.1 Å². The van der Waals surface area contributed by atoms with Crippen molar-refractivity contribution < 1.29 is 0 Å². The van der Waals surface area contributed by atoms with Gasteiger partial charge in [0.25, 0.3) is 5.56 Å². The zero-order valence-electron chi connectivity index (χ0n) is 11.4. The Morgan fingerprint density at radius 3 is 2.67 bits per heavy atom. The molecule has 2 rings (SSSR count). The number of pyridine rings is 1. The molecule has 3 heteroatoms. The Morgan fingerprint density at radius 2 is 2.00 bits per heavy atom. The van der Waals surface area contributed by atoms with Crippen LogP contribution in [0.4, 0.5) is 0 Å². The zero-order chi connectivity index (χ0) is 13.3. The monoisotopic (exact) mass is 244 g/mol. The Labute approximate surface area is 107 Å². The average Bonchev–Trinajstić information content (AvgIpc) is 2.27. The van der Waals surface area contributed by atoms with Crippen LogP contribution < -0.4 is 10.9 Å². The van der Waals surface area contributed by atoms with Gasteiger partial charge in [0.15, 0.2) is 0 Å². The molecule has 0 bridgehead atoms. The Balaban J connectivity index is 2.41. The maximum absolute atomic E-state index is 12.0. The fourth-order valence-corrected chi connectivity index (χ4v) is 1.92. The highest BCUT2D eigenvalue weighted by atomic mass is 16.1. The quantitative estimate of drug-likeness (QED) is 0.853. The average molecular weight is 244 g/mol. The number of hydrogen-bond donors (Lipinski definition) is 2. The van der Waals surface area contributed by atoms with E-state index in [-0.39, 0.29) is 11.1 Å². The van der Waals surface area contributed by atoms with Gasteiger partial charge in [0.05, 0.1) is 5.52 Å². The van der Waals surface area contributed by atoms with E-state index in [4.69, 9.17) is 0 Å². The zero-order valence-corrected chi connectivity index (χ0v) is 11.4. The molecule has 0 unspecified atom stereocenters. The van der Waals surface area contributed by atoms with Crippen molar-refractivity contribution in [1.29, 1.82) is 0 Å². The van der Waals surface area contributed by atoms with Gasteiger partial charge < -0.3 is 10.3 Å². The van der Waals surface area contributed by atoms with Gasteiger partial charge in [0.2, 0.25) is 0 Å². The molecule has 0 spiro atoms. The van der Waals surface area contributed by atoms with E-state index >= 15 is 0 Å². The predicted octanol–water partition coefficient (Wildman–Crippen LogP) is 2.72. The molecule has 3 nitrogen and oxygen atoms in total. The molecule has 1 heterocycles. The summed E-state index contributed by atoms with van der Waals surface area (Å²) in [5.74, 6) is 0. The van der Waals surface area contributed by atoms with Crippen molar-refractivity contribution in [2.45, 2.75) is 39.8 Å². The number of H-pyrrole nitrogens is 1. The van der Waals surface area contributed by atoms with Crippen LogP contribution in [-0.4, -0.2) is 10.5 Å². The highest BCUT2D eigenvalue weighted by molar-refractivity contribution is 5.81. The summed E-state index contributed by atoms with van der Waals surface area (Å²) < 4.78 is 0. The minimum atomic E-state index is -0.00597. The third kappa shape index (κ3) is 2.79. The standard InChI is InChI=1S/C15H20N2O/c1-10-6-5-7-11-8-12(9-16-15(2,3)4)14(18)17-13(10)11/h5-8,16H,9H2,1-4H3,(H,17,18). The van der Waals surface area contributed by atoms with Crippen LogP contribution in [0.5, 0.6) is 0 Å². The first-order valence-corrected chi connectivity index (χ1v) is 6.23. The summed E-state index contributed by atoms with van der Waals surface area (Å²) in [6, 6.07) is 8.01. The van der Waals surface area contributed by atoms with Gasteiger partial charge >= 0.3 is 0 Å². The van der Waals surface area contributed by atoms with Gasteiger partial charge in [-0.1, -0.05) is 18.2 Å². The van der Waals surface area contributed by atoms with Gasteiger partial charge in [-0.3, -0.25) is 4.79 Å². The molecule has 0 amide bonds. The van der Waals surface area contributed by atoms with Crippen LogP contribution in [0.3, 0.4) is 0 Å². The second-order valence-electron chi connectivity index (χ2n) is 5.77. The van der Waals surface area contributed by atoms with Crippen LogP contribution >= 0.6 is 0 Å². The van der Waals surface area contributed by atoms with Gasteiger partial charge in [0, 0.05) is 17.6 Å². The van der Waals surface area contributed by atoms with Crippen LogP contribution in [0.25, 0.3) is 10.9 Å². The largest absolute Gasteiger partial charge is 0.321 e. The maximum Gasteiger partial charge on any atom is 0.252 e. The van der Waals surface area contributed by atoms with E-state index < -0.39 is 0 Å². The molecule has 1 aromatic carbocycles. The highest BCUT2D eigenvalue weighted by Gasteiger charge is 2.10. The topological polar surface area (TPSA) is 44.9 Å². The molecular weight excluding hydrogens is 224 g/mol. The predicted molar refractivity (Wildman–Crippen MR) is 75.9 cm³/mol. The molecule has 0 aliphatic carbocycles. The van der Waals surface area contributed by atoms with Gasteiger partial charge in [0.1, 0.15) is 0 Å². The molecule has 1 aromatic heterocycles. The second kappa shape index (κ2) is 4.58. The molecule has 0 atom stereocenters. The Bertz CT molecular complexity index is 620. The van der Waals surface area contributed by atoms with E-state index in [1.165, 1.54) is 0 Å². The SMILES string of the molecule is Cc1cccc2cc(CNC(C)(C)C)c(=O)[nH]c12. The molecule has 0 aliphatic heterocycles. The number of para-hydroxylation sites is 1.